The number of amides is 2. The predicted octanol–water partition coefficient (Wildman–Crippen LogP) is 2.04. The van der Waals surface area contributed by atoms with Crippen molar-refractivity contribution in [1.29, 1.82) is 0 Å². The summed E-state index contributed by atoms with van der Waals surface area (Å²) in [5.41, 5.74) is 2.24. The number of fused-ring (bicyclic) bond motifs is 1. The van der Waals surface area contributed by atoms with Crippen LogP contribution in [0.15, 0.2) is 24.4 Å². The topological polar surface area (TPSA) is 66.2 Å². The molecule has 0 saturated carbocycles. The average Bonchev–Trinajstić information content (AvgIpc) is 2.81. The van der Waals surface area contributed by atoms with Gasteiger partial charge in [-0.2, -0.15) is 0 Å². The van der Waals surface area contributed by atoms with Gasteiger partial charge in [-0.05, 0) is 31.0 Å². The van der Waals surface area contributed by atoms with Gasteiger partial charge in [0.15, 0.2) is 0 Å². The van der Waals surface area contributed by atoms with Gasteiger partial charge >= 0.3 is 6.03 Å². The molecule has 2 aromatic rings. The fourth-order valence-electron chi connectivity index (χ4n) is 2.03. The molecule has 0 radical (unpaired) electrons. The number of H-pyrrole nitrogens is 1. The minimum Gasteiger partial charge on any atom is -0.497 e. The minimum absolute atomic E-state index is 0.121. The van der Waals surface area contributed by atoms with E-state index in [0.29, 0.717) is 13.1 Å². The Labute approximate surface area is 112 Å². The first-order chi connectivity index (χ1) is 9.24. The van der Waals surface area contributed by atoms with Crippen molar-refractivity contribution in [3.05, 3.63) is 30.0 Å². The molecule has 0 unspecified atom stereocenters. The van der Waals surface area contributed by atoms with Crippen LogP contribution in [-0.2, 0) is 6.42 Å². The quantitative estimate of drug-likeness (QED) is 0.771. The molecule has 1 aromatic carbocycles. The number of methoxy groups -OCH3 is 1. The Morgan fingerprint density at radius 2 is 2.21 bits per heavy atom. The zero-order valence-corrected chi connectivity index (χ0v) is 11.2. The Hall–Kier alpha value is -2.17. The predicted molar refractivity (Wildman–Crippen MR) is 75.6 cm³/mol. The number of hydrogen-bond acceptors (Lipinski definition) is 2. The smallest absolute Gasteiger partial charge is 0.314 e. The normalized spacial score (nSPS) is 10.4. The summed E-state index contributed by atoms with van der Waals surface area (Å²) >= 11 is 0. The molecule has 0 spiro atoms. The lowest BCUT2D eigenvalue weighted by Gasteiger charge is -2.05. The van der Waals surface area contributed by atoms with E-state index in [0.717, 1.165) is 17.7 Å². The summed E-state index contributed by atoms with van der Waals surface area (Å²) in [6.45, 7) is 3.15. The number of hydrogen-bond donors (Lipinski definition) is 3. The maximum Gasteiger partial charge on any atom is 0.314 e. The Morgan fingerprint density at radius 3 is 2.95 bits per heavy atom. The SMILES string of the molecule is CCNC(=O)NCCc1c[nH]c2cc(OC)ccc12. The summed E-state index contributed by atoms with van der Waals surface area (Å²) < 4.78 is 5.19. The van der Waals surface area contributed by atoms with Crippen LogP contribution in [-0.4, -0.2) is 31.2 Å². The van der Waals surface area contributed by atoms with Crippen LogP contribution < -0.4 is 15.4 Å². The van der Waals surface area contributed by atoms with Gasteiger partial charge in [0.25, 0.3) is 0 Å². The number of carbonyl (C=O) groups is 1. The van der Waals surface area contributed by atoms with Gasteiger partial charge in [0.05, 0.1) is 7.11 Å². The van der Waals surface area contributed by atoms with E-state index in [9.17, 15) is 4.79 Å². The monoisotopic (exact) mass is 261 g/mol. The van der Waals surface area contributed by atoms with Gasteiger partial charge in [0.2, 0.25) is 0 Å². The van der Waals surface area contributed by atoms with E-state index in [2.05, 4.69) is 15.6 Å². The number of aromatic nitrogens is 1. The Balaban J connectivity index is 1.99. The van der Waals surface area contributed by atoms with E-state index in [1.165, 1.54) is 10.9 Å². The van der Waals surface area contributed by atoms with Crippen molar-refractivity contribution >= 4 is 16.9 Å². The lowest BCUT2D eigenvalue weighted by atomic mass is 10.1. The molecule has 1 aromatic heterocycles. The van der Waals surface area contributed by atoms with Crippen LogP contribution in [0.1, 0.15) is 12.5 Å². The summed E-state index contributed by atoms with van der Waals surface area (Å²) in [6, 6.07) is 5.82. The summed E-state index contributed by atoms with van der Waals surface area (Å²) in [7, 11) is 1.65. The zero-order chi connectivity index (χ0) is 13.7. The van der Waals surface area contributed by atoms with Crippen LogP contribution >= 0.6 is 0 Å². The molecule has 0 aliphatic heterocycles. The number of benzene rings is 1. The van der Waals surface area contributed by atoms with Crippen molar-refractivity contribution in [2.45, 2.75) is 13.3 Å². The molecule has 3 N–H and O–H groups in total. The van der Waals surface area contributed by atoms with Gasteiger partial charge in [-0.1, -0.05) is 0 Å². The summed E-state index contributed by atoms with van der Waals surface area (Å²) in [4.78, 5) is 14.5. The molecule has 0 atom stereocenters. The van der Waals surface area contributed by atoms with E-state index < -0.39 is 0 Å². The highest BCUT2D eigenvalue weighted by atomic mass is 16.5. The highest BCUT2D eigenvalue weighted by Gasteiger charge is 2.05. The van der Waals surface area contributed by atoms with Crippen molar-refractivity contribution in [3.63, 3.8) is 0 Å². The summed E-state index contributed by atoms with van der Waals surface area (Å²) in [5.74, 6) is 0.835. The van der Waals surface area contributed by atoms with Gasteiger partial charge in [0.1, 0.15) is 5.75 Å². The second kappa shape index (κ2) is 6.13. The average molecular weight is 261 g/mol. The van der Waals surface area contributed by atoms with E-state index in [4.69, 9.17) is 4.74 Å². The van der Waals surface area contributed by atoms with E-state index >= 15 is 0 Å². The fourth-order valence-corrected chi connectivity index (χ4v) is 2.03. The number of aromatic amines is 1. The molecule has 5 heteroatoms. The Bertz CT molecular complexity index is 563. The van der Waals surface area contributed by atoms with Crippen molar-refractivity contribution in [2.24, 2.45) is 0 Å². The van der Waals surface area contributed by atoms with Gasteiger partial charge in [-0.3, -0.25) is 0 Å². The largest absolute Gasteiger partial charge is 0.497 e. The molecular weight excluding hydrogens is 242 g/mol. The number of urea groups is 1. The lowest BCUT2D eigenvalue weighted by Crippen LogP contribution is -2.36. The number of carbonyl (C=O) groups excluding carboxylic acids is 1. The third-order valence-electron chi connectivity index (χ3n) is 2.99. The molecule has 19 heavy (non-hydrogen) atoms. The second-order valence-corrected chi connectivity index (χ2v) is 4.26. The number of rotatable bonds is 5. The van der Waals surface area contributed by atoms with Crippen molar-refractivity contribution in [1.82, 2.24) is 15.6 Å². The van der Waals surface area contributed by atoms with E-state index in [1.807, 2.05) is 31.3 Å². The minimum atomic E-state index is -0.121. The molecule has 0 aliphatic carbocycles. The third kappa shape index (κ3) is 3.19. The maximum atomic E-state index is 11.3. The number of ether oxygens (including phenoxy) is 1. The fraction of sp³-hybridized carbons (Fsp3) is 0.357. The van der Waals surface area contributed by atoms with Gasteiger partial charge in [-0.15, -0.1) is 0 Å². The molecular formula is C14H19N3O2. The molecule has 0 saturated heterocycles. The first-order valence-electron chi connectivity index (χ1n) is 6.40. The lowest BCUT2D eigenvalue weighted by molar-refractivity contribution is 0.241. The molecule has 0 aliphatic rings. The third-order valence-corrected chi connectivity index (χ3v) is 2.99. The van der Waals surface area contributed by atoms with Gasteiger partial charge in [0, 0.05) is 36.3 Å². The summed E-state index contributed by atoms with van der Waals surface area (Å²) in [5, 5.41) is 6.69. The van der Waals surface area contributed by atoms with Crippen LogP contribution in [0, 0.1) is 0 Å². The summed E-state index contributed by atoms with van der Waals surface area (Å²) in [6.07, 6.45) is 2.77. The Morgan fingerprint density at radius 1 is 1.37 bits per heavy atom. The van der Waals surface area contributed by atoms with Crippen molar-refractivity contribution in [3.8, 4) is 5.75 Å². The van der Waals surface area contributed by atoms with Crippen LogP contribution in [0.5, 0.6) is 5.75 Å². The van der Waals surface area contributed by atoms with E-state index in [1.54, 1.807) is 7.11 Å². The van der Waals surface area contributed by atoms with Crippen LogP contribution in [0.25, 0.3) is 10.9 Å². The van der Waals surface area contributed by atoms with Gasteiger partial charge < -0.3 is 20.4 Å². The first-order valence-corrected chi connectivity index (χ1v) is 6.40. The number of nitrogens with one attached hydrogen (secondary N) is 3. The maximum absolute atomic E-state index is 11.3. The van der Waals surface area contributed by atoms with Gasteiger partial charge in [-0.25, -0.2) is 4.79 Å². The molecule has 0 bridgehead atoms. The van der Waals surface area contributed by atoms with Crippen LogP contribution in [0.3, 0.4) is 0 Å². The Kier molecular flexibility index (Phi) is 4.28. The molecule has 102 valence electrons. The molecule has 1 heterocycles. The second-order valence-electron chi connectivity index (χ2n) is 4.26. The molecule has 2 amide bonds. The van der Waals surface area contributed by atoms with Crippen molar-refractivity contribution < 1.29 is 9.53 Å². The highest BCUT2D eigenvalue weighted by Crippen LogP contribution is 2.23. The van der Waals surface area contributed by atoms with E-state index in [-0.39, 0.29) is 6.03 Å². The molecule has 2 rings (SSSR count). The molecule has 0 fully saturated rings. The standard InChI is InChI=1S/C14H19N3O2/c1-3-15-14(18)16-7-6-10-9-17-13-8-11(19-2)4-5-12(10)13/h4-5,8-9,17H,3,6-7H2,1-2H3,(H2,15,16,18). The highest BCUT2D eigenvalue weighted by molar-refractivity contribution is 5.84. The first kappa shape index (κ1) is 13.3. The van der Waals surface area contributed by atoms with Crippen molar-refractivity contribution in [2.75, 3.05) is 20.2 Å². The van der Waals surface area contributed by atoms with Crippen LogP contribution in [0.2, 0.25) is 0 Å². The van der Waals surface area contributed by atoms with Crippen LogP contribution in [0.4, 0.5) is 4.79 Å². The zero-order valence-electron chi connectivity index (χ0n) is 11.2. The molecule has 5 nitrogen and oxygen atoms in total.